The van der Waals surface area contributed by atoms with Gasteiger partial charge in [0.05, 0.1) is 11.1 Å². The molecule has 0 aliphatic heterocycles. The van der Waals surface area contributed by atoms with Gasteiger partial charge in [-0.2, -0.15) is 5.10 Å². The molecule has 1 aromatic heterocycles. The Morgan fingerprint density at radius 1 is 1.60 bits per heavy atom. The predicted octanol–water partition coefficient (Wildman–Crippen LogP) is 3.60. The van der Waals surface area contributed by atoms with Crippen LogP contribution in [0.1, 0.15) is 50.3 Å². The summed E-state index contributed by atoms with van der Waals surface area (Å²) in [5.41, 5.74) is 1.07. The molecule has 4 nitrogen and oxygen atoms in total. The van der Waals surface area contributed by atoms with Gasteiger partial charge in [0.1, 0.15) is 5.15 Å². The first-order valence-electron chi connectivity index (χ1n) is 7.31. The summed E-state index contributed by atoms with van der Waals surface area (Å²) < 4.78 is 1.63. The van der Waals surface area contributed by atoms with Crippen LogP contribution in [-0.2, 0) is 18.3 Å². The minimum absolute atomic E-state index is 0.497. The van der Waals surface area contributed by atoms with Crippen LogP contribution in [0.15, 0.2) is 0 Å². The number of aromatic nitrogens is 2. The van der Waals surface area contributed by atoms with E-state index in [9.17, 15) is 9.90 Å². The molecule has 0 aromatic carbocycles. The van der Waals surface area contributed by atoms with Crippen LogP contribution in [0, 0.1) is 18.3 Å². The van der Waals surface area contributed by atoms with Crippen LogP contribution in [0.3, 0.4) is 0 Å². The molecule has 1 N–H and O–H groups in total. The maximum Gasteiger partial charge on any atom is 0.309 e. The molecule has 1 aliphatic carbocycles. The molecule has 112 valence electrons. The van der Waals surface area contributed by atoms with E-state index in [1.54, 1.807) is 11.7 Å². The standard InChI is InChI=1S/C15H23ClN2O2/c1-4-11-6-5-7-15(8-11,14(19)20)9-12-10(2)17-18(3)13(12)16/h11H,4-9H2,1-3H3,(H,19,20). The van der Waals surface area contributed by atoms with Crippen LogP contribution in [0.2, 0.25) is 5.15 Å². The summed E-state index contributed by atoms with van der Waals surface area (Å²) in [7, 11) is 1.79. The van der Waals surface area contributed by atoms with Crippen LogP contribution < -0.4 is 0 Å². The Morgan fingerprint density at radius 3 is 2.80 bits per heavy atom. The smallest absolute Gasteiger partial charge is 0.309 e. The van der Waals surface area contributed by atoms with Gasteiger partial charge in [-0.05, 0) is 32.1 Å². The Labute approximate surface area is 125 Å². The molecule has 1 aliphatic rings. The van der Waals surface area contributed by atoms with Crippen molar-refractivity contribution < 1.29 is 9.90 Å². The molecular formula is C15H23ClN2O2. The van der Waals surface area contributed by atoms with Gasteiger partial charge in [0, 0.05) is 12.6 Å². The van der Waals surface area contributed by atoms with E-state index in [2.05, 4.69) is 12.0 Å². The zero-order valence-corrected chi connectivity index (χ0v) is 13.2. The van der Waals surface area contributed by atoms with Crippen molar-refractivity contribution in [1.82, 2.24) is 9.78 Å². The van der Waals surface area contributed by atoms with E-state index in [0.29, 0.717) is 17.5 Å². The number of aliphatic carboxylic acids is 1. The molecule has 2 unspecified atom stereocenters. The average molecular weight is 299 g/mol. The van der Waals surface area contributed by atoms with E-state index in [1.165, 1.54) is 0 Å². The molecule has 1 aromatic rings. The monoisotopic (exact) mass is 298 g/mol. The maximum absolute atomic E-state index is 11.9. The predicted molar refractivity (Wildman–Crippen MR) is 79.0 cm³/mol. The number of carboxylic acid groups (broad SMARTS) is 1. The summed E-state index contributed by atoms with van der Waals surface area (Å²) >= 11 is 6.28. The molecular weight excluding hydrogens is 276 g/mol. The van der Waals surface area contributed by atoms with Crippen molar-refractivity contribution in [2.24, 2.45) is 18.4 Å². The van der Waals surface area contributed by atoms with Gasteiger partial charge < -0.3 is 5.11 Å². The number of carboxylic acids is 1. The van der Waals surface area contributed by atoms with Crippen molar-refractivity contribution in [2.75, 3.05) is 0 Å². The van der Waals surface area contributed by atoms with E-state index in [1.807, 2.05) is 6.92 Å². The Hall–Kier alpha value is -1.03. The molecule has 20 heavy (non-hydrogen) atoms. The number of hydrogen-bond donors (Lipinski definition) is 1. The summed E-state index contributed by atoms with van der Waals surface area (Å²) in [5, 5.41) is 14.7. The molecule has 0 saturated heterocycles. The summed E-state index contributed by atoms with van der Waals surface area (Å²) in [6, 6.07) is 0. The first kappa shape index (κ1) is 15.4. The van der Waals surface area contributed by atoms with Crippen LogP contribution >= 0.6 is 11.6 Å². The van der Waals surface area contributed by atoms with Gasteiger partial charge in [-0.1, -0.05) is 37.8 Å². The number of rotatable bonds is 4. The Balaban J connectivity index is 2.32. The number of nitrogens with zero attached hydrogens (tertiary/aromatic N) is 2. The maximum atomic E-state index is 11.9. The highest BCUT2D eigenvalue weighted by Crippen LogP contribution is 2.44. The highest BCUT2D eigenvalue weighted by molar-refractivity contribution is 6.30. The van der Waals surface area contributed by atoms with Crippen LogP contribution in [0.25, 0.3) is 0 Å². The van der Waals surface area contributed by atoms with Gasteiger partial charge in [0.15, 0.2) is 0 Å². The molecule has 0 spiro atoms. The van der Waals surface area contributed by atoms with Gasteiger partial charge in [-0.3, -0.25) is 9.48 Å². The van der Waals surface area contributed by atoms with Gasteiger partial charge in [-0.25, -0.2) is 0 Å². The van der Waals surface area contributed by atoms with Crippen molar-refractivity contribution >= 4 is 17.6 Å². The van der Waals surface area contributed by atoms with Crippen molar-refractivity contribution in [3.05, 3.63) is 16.4 Å². The second-order valence-corrected chi connectivity index (χ2v) is 6.47. The number of carbonyl (C=O) groups is 1. The lowest BCUT2D eigenvalue weighted by molar-refractivity contribution is -0.152. The Bertz CT molecular complexity index is 512. The highest BCUT2D eigenvalue weighted by Gasteiger charge is 2.43. The first-order chi connectivity index (χ1) is 9.39. The summed E-state index contributed by atoms with van der Waals surface area (Å²) in [6.45, 7) is 4.04. The highest BCUT2D eigenvalue weighted by atomic mass is 35.5. The fourth-order valence-corrected chi connectivity index (χ4v) is 3.72. The quantitative estimate of drug-likeness (QED) is 0.924. The minimum Gasteiger partial charge on any atom is -0.481 e. The Kier molecular flexibility index (Phi) is 4.43. The number of halogens is 1. The van der Waals surface area contributed by atoms with Crippen molar-refractivity contribution in [3.63, 3.8) is 0 Å². The van der Waals surface area contributed by atoms with E-state index in [0.717, 1.165) is 43.4 Å². The molecule has 1 heterocycles. The fraction of sp³-hybridized carbons (Fsp3) is 0.733. The van der Waals surface area contributed by atoms with E-state index >= 15 is 0 Å². The second kappa shape index (κ2) is 5.76. The zero-order chi connectivity index (χ0) is 14.9. The third-order valence-electron chi connectivity index (χ3n) is 4.76. The van der Waals surface area contributed by atoms with Gasteiger partial charge in [0.2, 0.25) is 0 Å². The molecule has 1 saturated carbocycles. The zero-order valence-electron chi connectivity index (χ0n) is 12.4. The molecule has 1 fully saturated rings. The molecule has 5 heteroatoms. The molecule has 0 bridgehead atoms. The van der Waals surface area contributed by atoms with Crippen molar-refractivity contribution in [3.8, 4) is 0 Å². The van der Waals surface area contributed by atoms with Gasteiger partial charge in [-0.15, -0.1) is 0 Å². The third kappa shape index (κ3) is 2.71. The lowest BCUT2D eigenvalue weighted by Gasteiger charge is -2.37. The lowest BCUT2D eigenvalue weighted by atomic mass is 9.66. The largest absolute Gasteiger partial charge is 0.481 e. The second-order valence-electron chi connectivity index (χ2n) is 6.11. The average Bonchev–Trinajstić information content (AvgIpc) is 2.65. The first-order valence-corrected chi connectivity index (χ1v) is 7.69. The topological polar surface area (TPSA) is 55.1 Å². The van der Waals surface area contributed by atoms with Crippen molar-refractivity contribution in [2.45, 2.75) is 52.4 Å². The van der Waals surface area contributed by atoms with Gasteiger partial charge >= 0.3 is 5.97 Å². The van der Waals surface area contributed by atoms with E-state index in [4.69, 9.17) is 11.6 Å². The lowest BCUT2D eigenvalue weighted by Crippen LogP contribution is -2.38. The SMILES string of the molecule is CCC1CCCC(Cc2c(C)nn(C)c2Cl)(C(=O)O)C1. The minimum atomic E-state index is -0.685. The summed E-state index contributed by atoms with van der Waals surface area (Å²) in [4.78, 5) is 11.9. The van der Waals surface area contributed by atoms with Gasteiger partial charge in [0.25, 0.3) is 0 Å². The molecule has 2 rings (SSSR count). The Morgan fingerprint density at radius 2 is 2.30 bits per heavy atom. The molecule has 0 radical (unpaired) electrons. The van der Waals surface area contributed by atoms with Crippen molar-refractivity contribution in [1.29, 1.82) is 0 Å². The van der Waals surface area contributed by atoms with Crippen LogP contribution in [0.5, 0.6) is 0 Å². The fourth-order valence-electron chi connectivity index (χ4n) is 3.48. The number of hydrogen-bond acceptors (Lipinski definition) is 2. The number of aryl methyl sites for hydroxylation is 2. The third-order valence-corrected chi connectivity index (χ3v) is 5.24. The van der Waals surface area contributed by atoms with Crippen LogP contribution in [0.4, 0.5) is 0 Å². The molecule has 0 amide bonds. The van der Waals surface area contributed by atoms with E-state index < -0.39 is 11.4 Å². The van der Waals surface area contributed by atoms with Crippen LogP contribution in [-0.4, -0.2) is 20.9 Å². The summed E-state index contributed by atoms with van der Waals surface area (Å²) in [5.74, 6) is -0.175. The normalized spacial score (nSPS) is 26.7. The summed E-state index contributed by atoms with van der Waals surface area (Å²) in [6.07, 6.45) is 5.17. The molecule has 2 atom stereocenters. The van der Waals surface area contributed by atoms with E-state index in [-0.39, 0.29) is 0 Å².